The first-order valence-corrected chi connectivity index (χ1v) is 7.13. The van der Waals surface area contributed by atoms with Crippen molar-refractivity contribution in [2.24, 2.45) is 0 Å². The first kappa shape index (κ1) is 13.7. The quantitative estimate of drug-likeness (QED) is 0.845. The molecule has 0 aromatic heterocycles. The number of rotatable bonds is 4. The molecule has 0 spiro atoms. The van der Waals surface area contributed by atoms with Crippen molar-refractivity contribution in [3.8, 4) is 5.75 Å². The van der Waals surface area contributed by atoms with Gasteiger partial charge < -0.3 is 15.4 Å². The van der Waals surface area contributed by atoms with Crippen LogP contribution in [0.2, 0.25) is 0 Å². The molecule has 1 fully saturated rings. The number of hydrogen-bond acceptors (Lipinski definition) is 4. The van der Waals surface area contributed by atoms with Crippen LogP contribution in [0.4, 0.5) is 0 Å². The molecule has 0 radical (unpaired) electrons. The summed E-state index contributed by atoms with van der Waals surface area (Å²) >= 11 is 1.47. The molecule has 1 aromatic carbocycles. The number of amides is 2. The van der Waals surface area contributed by atoms with Crippen LogP contribution in [-0.2, 0) is 16.1 Å². The fourth-order valence-electron chi connectivity index (χ4n) is 1.84. The second kappa shape index (κ2) is 6.47. The highest BCUT2D eigenvalue weighted by Gasteiger charge is 2.24. The highest BCUT2D eigenvalue weighted by atomic mass is 32.2. The molecule has 19 heavy (non-hydrogen) atoms. The summed E-state index contributed by atoms with van der Waals surface area (Å²) in [5, 5.41) is 5.49. The molecule has 0 aliphatic carbocycles. The Morgan fingerprint density at radius 2 is 2.32 bits per heavy atom. The van der Waals surface area contributed by atoms with Crippen molar-refractivity contribution in [2.75, 3.05) is 18.6 Å². The third kappa shape index (κ3) is 3.64. The molecule has 1 atom stereocenters. The van der Waals surface area contributed by atoms with Crippen LogP contribution in [0.15, 0.2) is 24.3 Å². The van der Waals surface area contributed by atoms with Crippen LogP contribution in [0.1, 0.15) is 5.56 Å². The third-order valence-corrected chi connectivity index (χ3v) is 3.85. The largest absolute Gasteiger partial charge is 0.496 e. The van der Waals surface area contributed by atoms with Gasteiger partial charge in [0.15, 0.2) is 0 Å². The maximum absolute atomic E-state index is 11.9. The summed E-state index contributed by atoms with van der Waals surface area (Å²) in [6.07, 6.45) is 0. The van der Waals surface area contributed by atoms with Gasteiger partial charge in [0.2, 0.25) is 11.8 Å². The summed E-state index contributed by atoms with van der Waals surface area (Å²) in [5.74, 6) is 1.53. The molecule has 1 heterocycles. The van der Waals surface area contributed by atoms with E-state index in [1.807, 2.05) is 24.3 Å². The fraction of sp³-hybridized carbons (Fsp3) is 0.385. The van der Waals surface area contributed by atoms with Crippen LogP contribution >= 0.6 is 11.8 Å². The van der Waals surface area contributed by atoms with Gasteiger partial charge in [-0.25, -0.2) is 0 Å². The van der Waals surface area contributed by atoms with Crippen LogP contribution in [0.5, 0.6) is 5.75 Å². The molecule has 0 saturated carbocycles. The van der Waals surface area contributed by atoms with Gasteiger partial charge in [-0.3, -0.25) is 9.59 Å². The van der Waals surface area contributed by atoms with Crippen molar-refractivity contribution >= 4 is 23.6 Å². The molecule has 5 nitrogen and oxygen atoms in total. The monoisotopic (exact) mass is 280 g/mol. The highest BCUT2D eigenvalue weighted by Crippen LogP contribution is 2.17. The molecule has 102 valence electrons. The van der Waals surface area contributed by atoms with E-state index in [1.165, 1.54) is 11.8 Å². The number of methoxy groups -OCH3 is 1. The summed E-state index contributed by atoms with van der Waals surface area (Å²) in [5.41, 5.74) is 0.910. The van der Waals surface area contributed by atoms with Gasteiger partial charge in [0.1, 0.15) is 11.8 Å². The average Bonchev–Trinajstić information content (AvgIpc) is 2.45. The summed E-state index contributed by atoms with van der Waals surface area (Å²) in [4.78, 5) is 23.2. The predicted molar refractivity (Wildman–Crippen MR) is 74.1 cm³/mol. The number of ether oxygens (including phenoxy) is 1. The van der Waals surface area contributed by atoms with E-state index in [2.05, 4.69) is 10.6 Å². The SMILES string of the molecule is COc1ccccc1CNC(=O)C1CSCC(=O)N1. The van der Waals surface area contributed by atoms with Gasteiger partial charge >= 0.3 is 0 Å². The Morgan fingerprint density at radius 1 is 1.53 bits per heavy atom. The van der Waals surface area contributed by atoms with E-state index in [0.29, 0.717) is 18.1 Å². The lowest BCUT2D eigenvalue weighted by atomic mass is 10.2. The van der Waals surface area contributed by atoms with E-state index in [0.717, 1.165) is 11.3 Å². The lowest BCUT2D eigenvalue weighted by Gasteiger charge is -2.22. The molecule has 2 amide bonds. The molecule has 1 aliphatic rings. The number of para-hydroxylation sites is 1. The average molecular weight is 280 g/mol. The van der Waals surface area contributed by atoms with Crippen molar-refractivity contribution in [3.63, 3.8) is 0 Å². The van der Waals surface area contributed by atoms with Crippen LogP contribution in [-0.4, -0.2) is 36.5 Å². The van der Waals surface area contributed by atoms with Crippen molar-refractivity contribution in [1.29, 1.82) is 0 Å². The Morgan fingerprint density at radius 3 is 3.05 bits per heavy atom. The number of carbonyl (C=O) groups is 2. The van der Waals surface area contributed by atoms with Crippen molar-refractivity contribution in [2.45, 2.75) is 12.6 Å². The number of nitrogens with one attached hydrogen (secondary N) is 2. The van der Waals surface area contributed by atoms with Crippen molar-refractivity contribution in [1.82, 2.24) is 10.6 Å². The molecule has 0 bridgehead atoms. The van der Waals surface area contributed by atoms with Crippen LogP contribution < -0.4 is 15.4 Å². The molecule has 1 unspecified atom stereocenters. The Labute approximate surface area is 116 Å². The van der Waals surface area contributed by atoms with Crippen molar-refractivity contribution in [3.05, 3.63) is 29.8 Å². The van der Waals surface area contributed by atoms with E-state index in [9.17, 15) is 9.59 Å². The minimum Gasteiger partial charge on any atom is -0.496 e. The maximum atomic E-state index is 11.9. The molecule has 2 N–H and O–H groups in total. The number of thioether (sulfide) groups is 1. The molecule has 1 saturated heterocycles. The van der Waals surface area contributed by atoms with E-state index in [1.54, 1.807) is 7.11 Å². The lowest BCUT2D eigenvalue weighted by molar-refractivity contribution is -0.127. The first-order chi connectivity index (χ1) is 9.20. The second-order valence-corrected chi connectivity index (χ2v) is 5.20. The molecule has 1 aromatic rings. The summed E-state index contributed by atoms with van der Waals surface area (Å²) in [6.45, 7) is 0.389. The summed E-state index contributed by atoms with van der Waals surface area (Å²) < 4.78 is 5.22. The van der Waals surface area contributed by atoms with Gasteiger partial charge in [0, 0.05) is 17.9 Å². The Kier molecular flexibility index (Phi) is 4.68. The van der Waals surface area contributed by atoms with Gasteiger partial charge in [-0.1, -0.05) is 18.2 Å². The summed E-state index contributed by atoms with van der Waals surface area (Å²) in [6, 6.07) is 7.07. The zero-order valence-corrected chi connectivity index (χ0v) is 11.5. The summed E-state index contributed by atoms with van der Waals surface area (Å²) in [7, 11) is 1.60. The number of hydrogen-bond donors (Lipinski definition) is 2. The molecular weight excluding hydrogens is 264 g/mol. The maximum Gasteiger partial charge on any atom is 0.243 e. The van der Waals surface area contributed by atoms with Crippen LogP contribution in [0.3, 0.4) is 0 Å². The van der Waals surface area contributed by atoms with Crippen molar-refractivity contribution < 1.29 is 14.3 Å². The lowest BCUT2D eigenvalue weighted by Crippen LogP contribution is -2.51. The minimum atomic E-state index is -0.444. The van der Waals surface area contributed by atoms with Crippen LogP contribution in [0, 0.1) is 0 Å². The Bertz CT molecular complexity index is 479. The van der Waals surface area contributed by atoms with E-state index in [4.69, 9.17) is 4.74 Å². The van der Waals surface area contributed by atoms with Gasteiger partial charge in [0.05, 0.1) is 12.9 Å². The van der Waals surface area contributed by atoms with E-state index < -0.39 is 6.04 Å². The zero-order valence-electron chi connectivity index (χ0n) is 10.6. The topological polar surface area (TPSA) is 67.4 Å². The Hall–Kier alpha value is -1.69. The van der Waals surface area contributed by atoms with E-state index in [-0.39, 0.29) is 11.8 Å². The van der Waals surface area contributed by atoms with Gasteiger partial charge in [-0.05, 0) is 6.07 Å². The minimum absolute atomic E-state index is 0.0892. The molecule has 6 heteroatoms. The fourth-order valence-corrected chi connectivity index (χ4v) is 2.70. The van der Waals surface area contributed by atoms with Crippen LogP contribution in [0.25, 0.3) is 0 Å². The van der Waals surface area contributed by atoms with Gasteiger partial charge in [-0.2, -0.15) is 0 Å². The normalized spacial score (nSPS) is 18.6. The number of carbonyl (C=O) groups excluding carboxylic acids is 2. The van der Waals surface area contributed by atoms with E-state index >= 15 is 0 Å². The highest BCUT2D eigenvalue weighted by molar-refractivity contribution is 8.00. The zero-order chi connectivity index (χ0) is 13.7. The Balaban J connectivity index is 1.91. The van der Waals surface area contributed by atoms with Gasteiger partial charge in [-0.15, -0.1) is 11.8 Å². The predicted octanol–water partition coefficient (Wildman–Crippen LogP) is 0.543. The van der Waals surface area contributed by atoms with Gasteiger partial charge in [0.25, 0.3) is 0 Å². The third-order valence-electron chi connectivity index (χ3n) is 2.81. The smallest absolute Gasteiger partial charge is 0.243 e. The molecule has 2 rings (SSSR count). The molecule has 1 aliphatic heterocycles. The standard InChI is InChI=1S/C13H16N2O3S/c1-18-11-5-3-2-4-9(11)6-14-13(17)10-7-19-8-12(16)15-10/h2-5,10H,6-8H2,1H3,(H,14,17)(H,15,16). The first-order valence-electron chi connectivity index (χ1n) is 5.97. The molecular formula is C13H16N2O3S. The second-order valence-electron chi connectivity index (χ2n) is 4.16. The number of benzene rings is 1.